The summed E-state index contributed by atoms with van der Waals surface area (Å²) in [4.78, 5) is 19.5. The number of aryl methyl sites for hydroxylation is 2. The predicted molar refractivity (Wildman–Crippen MR) is 117 cm³/mol. The molecule has 1 aromatic heterocycles. The third-order valence-corrected chi connectivity index (χ3v) is 6.28. The number of hydrogen-bond acceptors (Lipinski definition) is 4. The standard InChI is InChI=1S/C23H31N5O/c1-18-5-4-6-22(19(18)2)27-11-13-28(14-12-27)23(29)17-26-9-7-20(8-10-26)21-15-24-25(3)16-21/h4-7,15-16H,8-14,17H2,1-3H3. The Kier molecular flexibility index (Phi) is 5.72. The summed E-state index contributed by atoms with van der Waals surface area (Å²) < 4.78 is 1.84. The van der Waals surface area contributed by atoms with Gasteiger partial charge in [0.2, 0.25) is 5.91 Å². The van der Waals surface area contributed by atoms with Crippen LogP contribution in [0.4, 0.5) is 5.69 Å². The second-order valence-electron chi connectivity index (χ2n) is 8.20. The Bertz CT molecular complexity index is 908. The van der Waals surface area contributed by atoms with Crippen LogP contribution in [0.2, 0.25) is 0 Å². The van der Waals surface area contributed by atoms with Gasteiger partial charge in [0.05, 0.1) is 12.7 Å². The fraction of sp³-hybridized carbons (Fsp3) is 0.478. The van der Waals surface area contributed by atoms with E-state index in [0.717, 1.165) is 45.7 Å². The fourth-order valence-electron chi connectivity index (χ4n) is 4.27. The van der Waals surface area contributed by atoms with Crippen molar-refractivity contribution in [2.24, 2.45) is 7.05 Å². The molecule has 6 nitrogen and oxygen atoms in total. The maximum Gasteiger partial charge on any atom is 0.236 e. The van der Waals surface area contributed by atoms with E-state index in [2.05, 4.69) is 59.2 Å². The van der Waals surface area contributed by atoms with Gasteiger partial charge in [-0.15, -0.1) is 0 Å². The molecule has 0 unspecified atom stereocenters. The molecule has 1 amide bonds. The first-order chi connectivity index (χ1) is 14.0. The van der Waals surface area contributed by atoms with Crippen LogP contribution in [0.5, 0.6) is 0 Å². The molecule has 0 bridgehead atoms. The Morgan fingerprint density at radius 1 is 1.10 bits per heavy atom. The van der Waals surface area contributed by atoms with Crippen molar-refractivity contribution in [1.29, 1.82) is 0 Å². The minimum absolute atomic E-state index is 0.254. The van der Waals surface area contributed by atoms with E-state index < -0.39 is 0 Å². The first-order valence-electron chi connectivity index (χ1n) is 10.5. The summed E-state index contributed by atoms with van der Waals surface area (Å²) >= 11 is 0. The van der Waals surface area contributed by atoms with Gasteiger partial charge in [-0.2, -0.15) is 5.10 Å². The van der Waals surface area contributed by atoms with Gasteiger partial charge in [0, 0.05) is 63.8 Å². The highest BCUT2D eigenvalue weighted by Crippen LogP contribution is 2.24. The number of amides is 1. The van der Waals surface area contributed by atoms with Crippen LogP contribution in [-0.2, 0) is 11.8 Å². The van der Waals surface area contributed by atoms with Gasteiger partial charge in [-0.1, -0.05) is 18.2 Å². The van der Waals surface area contributed by atoms with E-state index in [1.807, 2.05) is 22.8 Å². The lowest BCUT2D eigenvalue weighted by Gasteiger charge is -2.38. The zero-order valence-electron chi connectivity index (χ0n) is 17.8. The summed E-state index contributed by atoms with van der Waals surface area (Å²) in [5.41, 5.74) is 6.51. The molecule has 1 aromatic carbocycles. The van der Waals surface area contributed by atoms with Gasteiger partial charge >= 0.3 is 0 Å². The molecule has 154 valence electrons. The predicted octanol–water partition coefficient (Wildman–Crippen LogP) is 2.47. The third kappa shape index (κ3) is 4.37. The van der Waals surface area contributed by atoms with Gasteiger partial charge in [-0.05, 0) is 43.0 Å². The zero-order valence-corrected chi connectivity index (χ0v) is 17.8. The molecular weight excluding hydrogens is 362 g/mol. The first kappa shape index (κ1) is 19.7. The molecule has 4 rings (SSSR count). The average molecular weight is 394 g/mol. The monoisotopic (exact) mass is 393 g/mol. The third-order valence-electron chi connectivity index (χ3n) is 6.28. The minimum atomic E-state index is 0.254. The minimum Gasteiger partial charge on any atom is -0.368 e. The maximum atomic E-state index is 12.8. The molecule has 1 saturated heterocycles. The van der Waals surface area contributed by atoms with Crippen molar-refractivity contribution in [3.63, 3.8) is 0 Å². The molecular formula is C23H31N5O. The quantitative estimate of drug-likeness (QED) is 0.801. The van der Waals surface area contributed by atoms with Gasteiger partial charge in [-0.25, -0.2) is 0 Å². The van der Waals surface area contributed by atoms with Crippen LogP contribution in [0.25, 0.3) is 5.57 Å². The molecule has 1 fully saturated rings. The van der Waals surface area contributed by atoms with E-state index in [1.165, 1.54) is 28.0 Å². The molecule has 0 N–H and O–H groups in total. The molecule has 3 heterocycles. The highest BCUT2D eigenvalue weighted by Gasteiger charge is 2.24. The molecule has 6 heteroatoms. The van der Waals surface area contributed by atoms with Crippen LogP contribution in [0.1, 0.15) is 23.1 Å². The van der Waals surface area contributed by atoms with Gasteiger partial charge in [0.1, 0.15) is 0 Å². The summed E-state index contributed by atoms with van der Waals surface area (Å²) in [6.45, 7) is 10.0. The Labute approximate surface area is 173 Å². The van der Waals surface area contributed by atoms with Crippen molar-refractivity contribution < 1.29 is 4.79 Å². The van der Waals surface area contributed by atoms with Crippen LogP contribution < -0.4 is 4.90 Å². The maximum absolute atomic E-state index is 12.8. The largest absolute Gasteiger partial charge is 0.368 e. The number of carbonyl (C=O) groups excluding carboxylic acids is 1. The smallest absolute Gasteiger partial charge is 0.236 e. The van der Waals surface area contributed by atoms with Crippen molar-refractivity contribution in [2.75, 3.05) is 50.7 Å². The Morgan fingerprint density at radius 2 is 1.90 bits per heavy atom. The Morgan fingerprint density at radius 3 is 2.55 bits per heavy atom. The summed E-state index contributed by atoms with van der Waals surface area (Å²) in [7, 11) is 1.94. The molecule has 2 aromatic rings. The van der Waals surface area contributed by atoms with E-state index in [4.69, 9.17) is 0 Å². The number of aromatic nitrogens is 2. The van der Waals surface area contributed by atoms with E-state index in [9.17, 15) is 4.79 Å². The van der Waals surface area contributed by atoms with Gasteiger partial charge < -0.3 is 9.80 Å². The van der Waals surface area contributed by atoms with Crippen LogP contribution in [-0.4, -0.2) is 71.3 Å². The molecule has 0 aliphatic carbocycles. The molecule has 2 aliphatic heterocycles. The van der Waals surface area contributed by atoms with Crippen molar-refractivity contribution in [3.8, 4) is 0 Å². The highest BCUT2D eigenvalue weighted by atomic mass is 16.2. The molecule has 29 heavy (non-hydrogen) atoms. The van der Waals surface area contributed by atoms with E-state index >= 15 is 0 Å². The normalized spacial score (nSPS) is 18.1. The lowest BCUT2D eigenvalue weighted by molar-refractivity contribution is -0.132. The van der Waals surface area contributed by atoms with Crippen LogP contribution in [0.3, 0.4) is 0 Å². The Hall–Kier alpha value is -2.60. The summed E-state index contributed by atoms with van der Waals surface area (Å²) in [5.74, 6) is 0.254. The van der Waals surface area contributed by atoms with Crippen LogP contribution in [0.15, 0.2) is 36.7 Å². The molecule has 0 saturated carbocycles. The Balaban J connectivity index is 1.28. The molecule has 0 atom stereocenters. The van der Waals surface area contributed by atoms with Crippen molar-refractivity contribution >= 4 is 17.2 Å². The number of hydrogen-bond donors (Lipinski definition) is 0. The summed E-state index contributed by atoms with van der Waals surface area (Å²) in [6.07, 6.45) is 7.19. The SMILES string of the molecule is Cc1cccc(N2CCN(C(=O)CN3CC=C(c4cnn(C)c4)CC3)CC2)c1C. The molecule has 0 radical (unpaired) electrons. The molecule has 0 spiro atoms. The van der Waals surface area contributed by atoms with Gasteiger partial charge in [-0.3, -0.25) is 14.4 Å². The van der Waals surface area contributed by atoms with Gasteiger partial charge in [0.15, 0.2) is 0 Å². The van der Waals surface area contributed by atoms with E-state index in [1.54, 1.807) is 0 Å². The summed E-state index contributed by atoms with van der Waals surface area (Å²) in [6, 6.07) is 6.48. The number of anilines is 1. The van der Waals surface area contributed by atoms with Crippen molar-refractivity contribution in [3.05, 3.63) is 53.4 Å². The summed E-state index contributed by atoms with van der Waals surface area (Å²) in [5, 5.41) is 4.26. The van der Waals surface area contributed by atoms with Crippen molar-refractivity contribution in [1.82, 2.24) is 19.6 Å². The highest BCUT2D eigenvalue weighted by molar-refractivity contribution is 5.79. The van der Waals surface area contributed by atoms with E-state index in [-0.39, 0.29) is 5.91 Å². The lowest BCUT2D eigenvalue weighted by Crippen LogP contribution is -2.51. The number of piperazine rings is 1. The molecule has 2 aliphatic rings. The van der Waals surface area contributed by atoms with Crippen LogP contribution >= 0.6 is 0 Å². The van der Waals surface area contributed by atoms with Crippen LogP contribution in [0, 0.1) is 13.8 Å². The number of benzene rings is 1. The first-order valence-corrected chi connectivity index (χ1v) is 10.5. The topological polar surface area (TPSA) is 44.6 Å². The average Bonchev–Trinajstić information content (AvgIpc) is 3.17. The lowest BCUT2D eigenvalue weighted by atomic mass is 10.0. The second kappa shape index (κ2) is 8.41. The fourth-order valence-corrected chi connectivity index (χ4v) is 4.27. The number of carbonyl (C=O) groups is 1. The van der Waals surface area contributed by atoms with Crippen molar-refractivity contribution in [2.45, 2.75) is 20.3 Å². The number of rotatable bonds is 4. The zero-order chi connectivity index (χ0) is 20.4. The second-order valence-corrected chi connectivity index (χ2v) is 8.20. The van der Waals surface area contributed by atoms with E-state index in [0.29, 0.717) is 6.54 Å². The number of nitrogens with zero attached hydrogens (tertiary/aromatic N) is 5. The van der Waals surface area contributed by atoms with Gasteiger partial charge in [0.25, 0.3) is 0 Å².